The number of rotatable bonds is 56. The third kappa shape index (κ3) is 56.3. The third-order valence-electron chi connectivity index (χ3n) is 10.1. The fraction of sp³-hybridized carbons (Fsp3) is 0.800. The van der Waals surface area contributed by atoms with Gasteiger partial charge in [0.25, 0.3) is 0 Å². The summed E-state index contributed by atoms with van der Waals surface area (Å²) in [6.07, 6.45) is -0.537. The summed E-state index contributed by atoms with van der Waals surface area (Å²) in [5.41, 5.74) is 10.6. The van der Waals surface area contributed by atoms with Gasteiger partial charge in [0.1, 0.15) is 26.2 Å². The van der Waals surface area contributed by atoms with E-state index in [2.05, 4.69) is 74.4 Å². The smallest absolute Gasteiger partial charge is 0.239 e. The van der Waals surface area contributed by atoms with Crippen LogP contribution in [-0.2, 0) is 95.3 Å². The van der Waals surface area contributed by atoms with E-state index < -0.39 is 35.4 Å². The Balaban J connectivity index is 0. The van der Waals surface area contributed by atoms with Crippen LogP contribution in [0.2, 0.25) is 0 Å². The standard InChI is InChI=1S/C27H48Br2N6O11.C23H46N6O9/c1-42-9-4-30-22(36)2-3-27(41)35(20-25(39)33-7-12-45-16-14-43-10-5-31-23(37)18-28)21-26(40)34-8-13-46-17-15-44-11-6-32-24(38)19-29;1-34-11-6-26-20(30)2-3-23(33)29(18-21(31)27-7-12-37-16-14-35-9-4-24)19-22(32)28-8-13-38-17-15-36-10-5-25/h2-21H2,1H3,(H,30,36)(H,31,37)(H,32,38)(H,33,39)(H,34,40);2-19,24-25H2,1H3,(H,26,30)(H,27,31)(H,28,32). The molecule has 488 valence electrons. The minimum atomic E-state index is -0.534. The van der Waals surface area contributed by atoms with Gasteiger partial charge in [0.2, 0.25) is 59.1 Å². The maximum absolute atomic E-state index is 12.8. The van der Waals surface area contributed by atoms with Gasteiger partial charge in [0.15, 0.2) is 0 Å². The fourth-order valence-corrected chi connectivity index (χ4v) is 6.42. The van der Waals surface area contributed by atoms with Crippen LogP contribution in [0.15, 0.2) is 0 Å². The second-order valence-corrected chi connectivity index (χ2v) is 18.1. The predicted molar refractivity (Wildman–Crippen MR) is 312 cm³/mol. The van der Waals surface area contributed by atoms with Crippen molar-refractivity contribution in [2.45, 2.75) is 25.7 Å². The molecule has 0 aromatic rings. The Morgan fingerprint density at radius 3 is 0.738 bits per heavy atom. The van der Waals surface area contributed by atoms with Gasteiger partial charge in [-0.2, -0.15) is 0 Å². The zero-order valence-corrected chi connectivity index (χ0v) is 52.0. The lowest BCUT2D eigenvalue weighted by atomic mass is 10.2. The largest absolute Gasteiger partial charge is 0.383 e. The van der Waals surface area contributed by atoms with Gasteiger partial charge in [0, 0.05) is 105 Å². The molecule has 0 heterocycles. The number of hydrogen-bond acceptors (Lipinski definition) is 22. The molecule has 12 N–H and O–H groups in total. The summed E-state index contributed by atoms with van der Waals surface area (Å²) < 4.78 is 52.2. The lowest BCUT2D eigenvalue weighted by Gasteiger charge is -2.22. The van der Waals surface area contributed by atoms with Crippen LogP contribution in [0, 0.1) is 0 Å². The highest BCUT2D eigenvalue weighted by Crippen LogP contribution is 2.01. The molecule has 0 radical (unpaired) electrons. The Morgan fingerprint density at radius 1 is 0.298 bits per heavy atom. The number of halogens is 2. The van der Waals surface area contributed by atoms with Crippen molar-refractivity contribution in [1.29, 1.82) is 0 Å². The normalized spacial score (nSPS) is 10.6. The molecule has 0 aliphatic carbocycles. The van der Waals surface area contributed by atoms with E-state index in [0.717, 1.165) is 9.80 Å². The van der Waals surface area contributed by atoms with Gasteiger partial charge >= 0.3 is 0 Å². The number of hydrogen-bond donors (Lipinski definition) is 10. The number of methoxy groups -OCH3 is 2. The van der Waals surface area contributed by atoms with E-state index in [-0.39, 0.29) is 152 Å². The molecule has 0 aliphatic heterocycles. The van der Waals surface area contributed by atoms with E-state index in [0.29, 0.717) is 119 Å². The summed E-state index contributed by atoms with van der Waals surface area (Å²) in [5.74, 6) is -3.89. The first-order valence-corrected chi connectivity index (χ1v) is 29.7. The van der Waals surface area contributed by atoms with Crippen LogP contribution >= 0.6 is 31.9 Å². The summed E-state index contributed by atoms with van der Waals surface area (Å²) in [6.45, 7) is 7.45. The minimum absolute atomic E-state index is 0.0809. The molecule has 0 bridgehead atoms. The van der Waals surface area contributed by atoms with Crippen molar-refractivity contribution in [1.82, 2.24) is 52.3 Å². The number of amides is 10. The average Bonchev–Trinajstić information content (AvgIpc) is 3.49. The first-order valence-electron chi connectivity index (χ1n) is 27.5. The van der Waals surface area contributed by atoms with E-state index in [4.69, 9.17) is 58.8 Å². The predicted octanol–water partition coefficient (Wildman–Crippen LogP) is -5.75. The number of nitrogens with two attached hydrogens (primary N) is 2. The van der Waals surface area contributed by atoms with E-state index in [1.165, 1.54) is 14.2 Å². The van der Waals surface area contributed by atoms with Crippen LogP contribution in [0.3, 0.4) is 0 Å². The van der Waals surface area contributed by atoms with E-state index in [1.54, 1.807) is 0 Å². The number of carbonyl (C=O) groups is 10. The second-order valence-electron chi connectivity index (χ2n) is 17.0. The molecule has 0 aliphatic rings. The summed E-state index contributed by atoms with van der Waals surface area (Å²) in [6, 6.07) is 0. The number of nitrogens with zero attached hydrogens (tertiary/aromatic N) is 2. The molecule has 32 nitrogen and oxygen atoms in total. The molecule has 0 fully saturated rings. The number of alkyl halides is 2. The number of ether oxygens (including phenoxy) is 10. The Kier molecular flexibility index (Phi) is 59.3. The van der Waals surface area contributed by atoms with Crippen LogP contribution in [0.1, 0.15) is 25.7 Å². The molecule has 0 unspecified atom stereocenters. The third-order valence-corrected chi connectivity index (χ3v) is 11.1. The van der Waals surface area contributed by atoms with Crippen molar-refractivity contribution < 1.29 is 95.3 Å². The van der Waals surface area contributed by atoms with Crippen LogP contribution in [0.5, 0.6) is 0 Å². The minimum Gasteiger partial charge on any atom is -0.383 e. The molecule has 0 aromatic heterocycles. The Morgan fingerprint density at radius 2 is 0.512 bits per heavy atom. The topological polar surface area (TPSA) is 418 Å². The Bertz CT molecular complexity index is 1690. The fourth-order valence-electron chi connectivity index (χ4n) is 6.03. The van der Waals surface area contributed by atoms with Crippen molar-refractivity contribution in [3.8, 4) is 0 Å². The van der Waals surface area contributed by atoms with Crippen molar-refractivity contribution >= 4 is 90.9 Å². The number of carbonyl (C=O) groups excluding carboxylic acids is 10. The molecule has 0 saturated carbocycles. The van der Waals surface area contributed by atoms with Crippen LogP contribution in [0.25, 0.3) is 0 Å². The zero-order valence-electron chi connectivity index (χ0n) is 48.8. The van der Waals surface area contributed by atoms with Crippen molar-refractivity contribution in [3.05, 3.63) is 0 Å². The van der Waals surface area contributed by atoms with Crippen LogP contribution < -0.4 is 54.0 Å². The van der Waals surface area contributed by atoms with Crippen molar-refractivity contribution in [3.63, 3.8) is 0 Å². The second kappa shape index (κ2) is 61.3. The monoisotopic (exact) mass is 1340 g/mol. The highest BCUT2D eigenvalue weighted by atomic mass is 79.9. The Labute approximate surface area is 509 Å². The molecule has 34 heteroatoms. The molecule has 0 rings (SSSR count). The van der Waals surface area contributed by atoms with Crippen molar-refractivity contribution in [2.24, 2.45) is 11.5 Å². The van der Waals surface area contributed by atoms with Gasteiger partial charge in [-0.15, -0.1) is 0 Å². The molecule has 84 heavy (non-hydrogen) atoms. The maximum atomic E-state index is 12.8. The van der Waals surface area contributed by atoms with Crippen LogP contribution in [0.4, 0.5) is 0 Å². The first kappa shape index (κ1) is 81.2. The van der Waals surface area contributed by atoms with Gasteiger partial charge in [0.05, 0.1) is 130 Å². The lowest BCUT2D eigenvalue weighted by Crippen LogP contribution is -2.46. The molecule has 0 saturated heterocycles. The number of nitrogens with one attached hydrogen (secondary N) is 8. The molecule has 10 amide bonds. The summed E-state index contributed by atoms with van der Waals surface area (Å²) in [5, 5.41) is 21.5. The molecule has 0 spiro atoms. The van der Waals surface area contributed by atoms with Gasteiger partial charge < -0.3 is 111 Å². The quantitative estimate of drug-likeness (QED) is 0.0200. The molecular formula is C50H94Br2N12O20. The SMILES string of the molecule is COCCNC(=O)CCC(=O)N(CC(=O)NCCOCCOCCN)CC(=O)NCCOCCOCCN.COCCNC(=O)CCC(=O)N(CC(=O)NCCOCCOCCNC(=O)CBr)CC(=O)NCCOCCOCCNC(=O)CBr. The highest BCUT2D eigenvalue weighted by Gasteiger charge is 2.23. The first-order chi connectivity index (χ1) is 40.7. The van der Waals surface area contributed by atoms with Gasteiger partial charge in [-0.3, -0.25) is 47.9 Å². The van der Waals surface area contributed by atoms with Crippen LogP contribution in [-0.4, -0.2) is 304 Å². The summed E-state index contributed by atoms with van der Waals surface area (Å²) in [7, 11) is 3.01. The van der Waals surface area contributed by atoms with E-state index in [1.807, 2.05) is 0 Å². The molecular weight excluding hydrogens is 1250 g/mol. The molecule has 0 atom stereocenters. The average molecular weight is 1340 g/mol. The zero-order chi connectivity index (χ0) is 62.5. The van der Waals surface area contributed by atoms with E-state index in [9.17, 15) is 47.9 Å². The highest BCUT2D eigenvalue weighted by molar-refractivity contribution is 9.09. The van der Waals surface area contributed by atoms with Gasteiger partial charge in [-0.05, 0) is 0 Å². The summed E-state index contributed by atoms with van der Waals surface area (Å²) >= 11 is 6.10. The van der Waals surface area contributed by atoms with Crippen molar-refractivity contribution in [2.75, 3.05) is 235 Å². The van der Waals surface area contributed by atoms with Gasteiger partial charge in [-0.1, -0.05) is 31.9 Å². The van der Waals surface area contributed by atoms with Gasteiger partial charge in [-0.25, -0.2) is 0 Å². The Hall–Kier alpha value is -4.82. The maximum Gasteiger partial charge on any atom is 0.239 e. The molecule has 0 aromatic carbocycles. The van der Waals surface area contributed by atoms with E-state index >= 15 is 0 Å². The lowest BCUT2D eigenvalue weighted by molar-refractivity contribution is -0.140. The summed E-state index contributed by atoms with van der Waals surface area (Å²) in [4.78, 5) is 124.